The van der Waals surface area contributed by atoms with Gasteiger partial charge in [-0.2, -0.15) is 0 Å². The maximum absolute atomic E-state index is 2.40. The van der Waals surface area contributed by atoms with Crippen molar-refractivity contribution in [3.05, 3.63) is 114 Å². The lowest BCUT2D eigenvalue weighted by atomic mass is 9.97. The van der Waals surface area contributed by atoms with Crippen molar-refractivity contribution < 1.29 is 0 Å². The molecule has 0 aliphatic rings. The molecule has 0 aliphatic heterocycles. The van der Waals surface area contributed by atoms with Crippen molar-refractivity contribution in [2.75, 3.05) is 0 Å². The third-order valence-corrected chi connectivity index (χ3v) is 5.55. The van der Waals surface area contributed by atoms with Crippen LogP contribution in [0, 0.1) is 13.8 Å². The van der Waals surface area contributed by atoms with Crippen LogP contribution in [0.1, 0.15) is 11.1 Å². The highest BCUT2D eigenvalue weighted by atomic mass is 15.0. The van der Waals surface area contributed by atoms with E-state index in [1.54, 1.807) is 0 Å². The molecule has 5 aromatic rings. The Labute approximate surface area is 171 Å². The summed E-state index contributed by atoms with van der Waals surface area (Å²) in [6.45, 7) is 4.27. The highest BCUT2D eigenvalue weighted by Crippen LogP contribution is 2.42. The summed E-state index contributed by atoms with van der Waals surface area (Å²) in [5.74, 6) is 0. The van der Waals surface area contributed by atoms with Crippen molar-refractivity contribution in [1.29, 1.82) is 0 Å². The van der Waals surface area contributed by atoms with Gasteiger partial charge in [-0.3, -0.25) is 0 Å². The zero-order chi connectivity index (χ0) is 19.8. The number of rotatable bonds is 3. The van der Waals surface area contributed by atoms with Crippen LogP contribution in [0.5, 0.6) is 0 Å². The summed E-state index contributed by atoms with van der Waals surface area (Å²) >= 11 is 0. The van der Waals surface area contributed by atoms with Crippen LogP contribution in [0.4, 0.5) is 0 Å². The molecular weight excluding hydrogens is 350 g/mol. The van der Waals surface area contributed by atoms with E-state index >= 15 is 0 Å². The summed E-state index contributed by atoms with van der Waals surface area (Å²) in [7, 11) is 0. The predicted molar refractivity (Wildman–Crippen MR) is 124 cm³/mol. The highest BCUT2D eigenvalue weighted by molar-refractivity contribution is 6.05. The van der Waals surface area contributed by atoms with E-state index < -0.39 is 0 Å². The molecule has 1 aromatic heterocycles. The van der Waals surface area contributed by atoms with Crippen LogP contribution in [0.25, 0.3) is 39.0 Å². The number of hydrogen-bond donors (Lipinski definition) is 0. The van der Waals surface area contributed by atoms with Gasteiger partial charge >= 0.3 is 0 Å². The second-order valence-electron chi connectivity index (χ2n) is 7.64. The molecule has 1 heterocycles. The Bertz CT molecular complexity index is 1270. The molecule has 0 atom stereocenters. The van der Waals surface area contributed by atoms with E-state index in [0.717, 1.165) is 0 Å². The molecule has 0 amide bonds. The number of aromatic nitrogens is 1. The molecule has 0 saturated carbocycles. The highest BCUT2D eigenvalue weighted by Gasteiger charge is 2.20. The van der Waals surface area contributed by atoms with E-state index in [2.05, 4.69) is 122 Å². The van der Waals surface area contributed by atoms with E-state index in [0.29, 0.717) is 0 Å². The van der Waals surface area contributed by atoms with Gasteiger partial charge in [-0.15, -0.1) is 0 Å². The topological polar surface area (TPSA) is 4.93 Å². The molecule has 5 rings (SSSR count). The lowest BCUT2D eigenvalue weighted by Crippen LogP contribution is -1.97. The second-order valence-corrected chi connectivity index (χ2v) is 7.64. The largest absolute Gasteiger partial charge is 0.309 e. The summed E-state index contributed by atoms with van der Waals surface area (Å²) in [5.41, 5.74) is 9.95. The number of benzene rings is 4. The number of nitrogens with zero attached hydrogens (tertiary/aromatic N) is 1. The zero-order valence-electron chi connectivity index (χ0n) is 16.8. The molecule has 0 fully saturated rings. The first-order chi connectivity index (χ1) is 14.2. The molecule has 4 aromatic carbocycles. The Balaban J connectivity index is 1.93. The summed E-state index contributed by atoms with van der Waals surface area (Å²) in [6.07, 6.45) is 0. The van der Waals surface area contributed by atoms with E-state index in [-0.39, 0.29) is 0 Å². The summed E-state index contributed by atoms with van der Waals surface area (Å²) in [6, 6.07) is 37.1. The van der Waals surface area contributed by atoms with Gasteiger partial charge in [0.1, 0.15) is 0 Å². The summed E-state index contributed by atoms with van der Waals surface area (Å²) in [5, 5.41) is 1.27. The minimum Gasteiger partial charge on any atom is -0.309 e. The molecule has 29 heavy (non-hydrogen) atoms. The molecular formula is C28H23N. The maximum Gasteiger partial charge on any atom is 0.0619 e. The van der Waals surface area contributed by atoms with Crippen LogP contribution in [0.15, 0.2) is 103 Å². The van der Waals surface area contributed by atoms with Gasteiger partial charge in [0, 0.05) is 16.6 Å². The maximum atomic E-state index is 2.40. The van der Waals surface area contributed by atoms with Gasteiger partial charge < -0.3 is 4.57 Å². The molecule has 0 unspecified atom stereocenters. The van der Waals surface area contributed by atoms with Crippen molar-refractivity contribution in [3.8, 4) is 28.1 Å². The van der Waals surface area contributed by atoms with E-state index in [1.807, 2.05) is 0 Å². The Morgan fingerprint density at radius 1 is 0.517 bits per heavy atom. The van der Waals surface area contributed by atoms with Crippen LogP contribution in [0.3, 0.4) is 0 Å². The first-order valence-electron chi connectivity index (χ1n) is 10.1. The van der Waals surface area contributed by atoms with Gasteiger partial charge in [-0.05, 0) is 43.2 Å². The first-order valence-corrected chi connectivity index (χ1v) is 10.1. The van der Waals surface area contributed by atoms with Crippen molar-refractivity contribution in [2.24, 2.45) is 0 Å². The monoisotopic (exact) mass is 373 g/mol. The van der Waals surface area contributed by atoms with Crippen molar-refractivity contribution in [2.45, 2.75) is 13.8 Å². The van der Waals surface area contributed by atoms with Crippen LogP contribution in [0.2, 0.25) is 0 Å². The number of para-hydroxylation sites is 2. The molecule has 0 radical (unpaired) electrons. The molecule has 1 heteroatoms. The zero-order valence-corrected chi connectivity index (χ0v) is 16.8. The third-order valence-electron chi connectivity index (χ3n) is 5.55. The third kappa shape index (κ3) is 3.05. The van der Waals surface area contributed by atoms with Crippen LogP contribution < -0.4 is 0 Å². The molecule has 0 spiro atoms. The SMILES string of the molecule is Cc1ccc(-c2c(-c3ccc(C)cc3)n(-c3ccccc3)c3ccccc23)cc1. The number of hydrogen-bond acceptors (Lipinski definition) is 0. The van der Waals surface area contributed by atoms with Gasteiger partial charge in [0.25, 0.3) is 0 Å². The fourth-order valence-electron chi connectivity index (χ4n) is 4.08. The van der Waals surface area contributed by atoms with Crippen molar-refractivity contribution >= 4 is 10.9 Å². The first kappa shape index (κ1) is 17.5. The Hall–Kier alpha value is -3.58. The lowest BCUT2D eigenvalue weighted by molar-refractivity contribution is 1.13. The standard InChI is InChI=1S/C28H23N/c1-20-12-16-22(17-13-20)27-25-10-6-7-11-26(25)29(24-8-4-3-5-9-24)28(27)23-18-14-21(2)15-19-23/h3-19H,1-2H3. The van der Waals surface area contributed by atoms with Crippen molar-refractivity contribution in [3.63, 3.8) is 0 Å². The summed E-state index contributed by atoms with van der Waals surface area (Å²) < 4.78 is 2.40. The van der Waals surface area contributed by atoms with Gasteiger partial charge in [0.2, 0.25) is 0 Å². The van der Waals surface area contributed by atoms with Crippen LogP contribution >= 0.6 is 0 Å². The van der Waals surface area contributed by atoms with E-state index in [9.17, 15) is 0 Å². The predicted octanol–water partition coefficient (Wildman–Crippen LogP) is 7.58. The molecule has 0 N–H and O–H groups in total. The smallest absolute Gasteiger partial charge is 0.0619 e. The average molecular weight is 373 g/mol. The Morgan fingerprint density at radius 2 is 1.07 bits per heavy atom. The minimum absolute atomic E-state index is 1.18. The Kier molecular flexibility index (Phi) is 4.29. The second kappa shape index (κ2) is 7.10. The molecule has 0 aliphatic carbocycles. The van der Waals surface area contributed by atoms with Gasteiger partial charge in [-0.1, -0.05) is 96.1 Å². The normalized spacial score (nSPS) is 11.1. The van der Waals surface area contributed by atoms with Gasteiger partial charge in [0.15, 0.2) is 0 Å². The van der Waals surface area contributed by atoms with Crippen molar-refractivity contribution in [1.82, 2.24) is 4.57 Å². The lowest BCUT2D eigenvalue weighted by Gasteiger charge is -2.14. The Morgan fingerprint density at radius 3 is 1.72 bits per heavy atom. The van der Waals surface area contributed by atoms with Gasteiger partial charge in [0.05, 0.1) is 11.2 Å². The molecule has 140 valence electrons. The van der Waals surface area contributed by atoms with Gasteiger partial charge in [-0.25, -0.2) is 0 Å². The fraction of sp³-hybridized carbons (Fsp3) is 0.0714. The minimum atomic E-state index is 1.18. The average Bonchev–Trinajstić information content (AvgIpc) is 3.11. The van der Waals surface area contributed by atoms with E-state index in [4.69, 9.17) is 0 Å². The number of aryl methyl sites for hydroxylation is 2. The summed E-state index contributed by atoms with van der Waals surface area (Å²) in [4.78, 5) is 0. The molecule has 0 saturated heterocycles. The van der Waals surface area contributed by atoms with Crippen LogP contribution in [-0.2, 0) is 0 Å². The molecule has 0 bridgehead atoms. The molecule has 1 nitrogen and oxygen atoms in total. The fourth-order valence-corrected chi connectivity index (χ4v) is 4.08. The van der Waals surface area contributed by atoms with E-state index in [1.165, 1.54) is 50.1 Å². The van der Waals surface area contributed by atoms with Crippen LogP contribution in [-0.4, -0.2) is 4.57 Å². The quantitative estimate of drug-likeness (QED) is 0.307. The number of fused-ring (bicyclic) bond motifs is 1.